The summed E-state index contributed by atoms with van der Waals surface area (Å²) in [6, 6.07) is 15.5. The molecule has 0 radical (unpaired) electrons. The normalized spacial score (nSPS) is 17.6. The van der Waals surface area contributed by atoms with Gasteiger partial charge >= 0.3 is 0 Å². The van der Waals surface area contributed by atoms with Crippen LogP contribution in [0.3, 0.4) is 0 Å². The van der Waals surface area contributed by atoms with Gasteiger partial charge < -0.3 is 4.90 Å². The van der Waals surface area contributed by atoms with Crippen molar-refractivity contribution in [2.45, 2.75) is 46.1 Å². The molecule has 1 atom stereocenters. The van der Waals surface area contributed by atoms with Gasteiger partial charge in [0, 0.05) is 18.0 Å². The molecule has 5 rings (SSSR count). The van der Waals surface area contributed by atoms with E-state index in [1.54, 1.807) is 0 Å². The third-order valence-corrected chi connectivity index (χ3v) is 6.39. The first kappa shape index (κ1) is 18.3. The van der Waals surface area contributed by atoms with Gasteiger partial charge in [0.1, 0.15) is 5.52 Å². The minimum Gasteiger partial charge on any atom is -0.300 e. The van der Waals surface area contributed by atoms with Crippen molar-refractivity contribution in [1.29, 1.82) is 0 Å². The zero-order valence-corrected chi connectivity index (χ0v) is 17.4. The van der Waals surface area contributed by atoms with Crippen LogP contribution in [0.5, 0.6) is 0 Å². The number of rotatable bonds is 4. The molecule has 0 aliphatic carbocycles. The van der Waals surface area contributed by atoms with Crippen molar-refractivity contribution in [2.75, 3.05) is 13.1 Å². The van der Waals surface area contributed by atoms with Gasteiger partial charge in [-0.2, -0.15) is 0 Å². The Bertz CT molecular complexity index is 1190. The zero-order valence-electron chi connectivity index (χ0n) is 17.4. The van der Waals surface area contributed by atoms with E-state index in [4.69, 9.17) is 4.98 Å². The van der Waals surface area contributed by atoms with Crippen LogP contribution in [0.15, 0.2) is 42.5 Å². The maximum atomic E-state index is 4.89. The van der Waals surface area contributed by atoms with Crippen LogP contribution in [-0.4, -0.2) is 44.0 Å². The Morgan fingerprint density at radius 3 is 2.76 bits per heavy atom. The summed E-state index contributed by atoms with van der Waals surface area (Å²) in [4.78, 5) is 7.50. The molecule has 148 valence electrons. The second-order valence-electron chi connectivity index (χ2n) is 8.29. The Morgan fingerprint density at radius 2 is 1.93 bits per heavy atom. The van der Waals surface area contributed by atoms with E-state index in [0.29, 0.717) is 6.04 Å². The number of aromatic nitrogens is 4. The molecule has 0 saturated carbocycles. The van der Waals surface area contributed by atoms with Crippen LogP contribution < -0.4 is 0 Å². The largest absolute Gasteiger partial charge is 0.300 e. The van der Waals surface area contributed by atoms with E-state index in [9.17, 15) is 0 Å². The Morgan fingerprint density at radius 1 is 1.07 bits per heavy atom. The van der Waals surface area contributed by atoms with E-state index < -0.39 is 0 Å². The van der Waals surface area contributed by atoms with Crippen LogP contribution in [0.4, 0.5) is 0 Å². The Kier molecular flexibility index (Phi) is 4.55. The maximum Gasteiger partial charge on any atom is 0.113 e. The van der Waals surface area contributed by atoms with Gasteiger partial charge in [-0.3, -0.25) is 4.98 Å². The summed E-state index contributed by atoms with van der Waals surface area (Å²) < 4.78 is 1.94. The highest BCUT2D eigenvalue weighted by Crippen LogP contribution is 2.28. The lowest BCUT2D eigenvalue weighted by atomic mass is 10.0. The quantitative estimate of drug-likeness (QED) is 0.515. The van der Waals surface area contributed by atoms with Gasteiger partial charge in [-0.25, -0.2) is 4.68 Å². The van der Waals surface area contributed by atoms with Gasteiger partial charge in [0.25, 0.3) is 0 Å². The number of pyridine rings is 1. The first-order valence-corrected chi connectivity index (χ1v) is 10.6. The highest BCUT2D eigenvalue weighted by atomic mass is 15.4. The minimum atomic E-state index is 0.716. The second-order valence-corrected chi connectivity index (χ2v) is 8.29. The van der Waals surface area contributed by atoms with Crippen molar-refractivity contribution in [2.24, 2.45) is 0 Å². The second kappa shape index (κ2) is 7.23. The molecule has 0 amide bonds. The lowest BCUT2D eigenvalue weighted by molar-refractivity contribution is 0.272. The third-order valence-electron chi connectivity index (χ3n) is 6.39. The standard InChI is InChI=1S/C24H27N5/c1-16-7-6-13-28(16)14-12-19-10-11-21-20(15-19)17(2)24(18(3)25-21)29-23-9-5-4-8-22(23)26-27-29/h4-5,8-11,15-16H,6-7,12-14H2,1-3H3/t16-/m1/s1. The molecule has 1 aliphatic rings. The average Bonchev–Trinajstić information content (AvgIpc) is 3.33. The van der Waals surface area contributed by atoms with E-state index in [2.05, 4.69) is 60.2 Å². The Balaban J connectivity index is 1.55. The molecular weight excluding hydrogens is 358 g/mol. The fourth-order valence-electron chi connectivity index (χ4n) is 4.71. The van der Waals surface area contributed by atoms with Gasteiger partial charge in [-0.1, -0.05) is 23.4 Å². The van der Waals surface area contributed by atoms with Gasteiger partial charge in [0.2, 0.25) is 0 Å². The molecule has 3 heterocycles. The summed E-state index contributed by atoms with van der Waals surface area (Å²) in [5, 5.41) is 9.97. The molecule has 1 saturated heterocycles. The van der Waals surface area contributed by atoms with Crippen molar-refractivity contribution in [3.63, 3.8) is 0 Å². The van der Waals surface area contributed by atoms with Crippen molar-refractivity contribution in [3.05, 3.63) is 59.3 Å². The predicted molar refractivity (Wildman–Crippen MR) is 118 cm³/mol. The third kappa shape index (κ3) is 3.19. The van der Waals surface area contributed by atoms with Crippen molar-refractivity contribution in [3.8, 4) is 5.69 Å². The fourth-order valence-corrected chi connectivity index (χ4v) is 4.71. The number of likely N-dealkylation sites (tertiary alicyclic amines) is 1. The molecule has 0 N–H and O–H groups in total. The maximum absolute atomic E-state index is 4.89. The topological polar surface area (TPSA) is 46.8 Å². The monoisotopic (exact) mass is 385 g/mol. The lowest BCUT2D eigenvalue weighted by Crippen LogP contribution is -2.28. The number of fused-ring (bicyclic) bond motifs is 2. The molecule has 0 unspecified atom stereocenters. The molecule has 1 aliphatic heterocycles. The fraction of sp³-hybridized carbons (Fsp3) is 0.375. The van der Waals surface area contributed by atoms with Crippen LogP contribution in [0.2, 0.25) is 0 Å². The molecule has 1 fully saturated rings. The van der Waals surface area contributed by atoms with Crippen LogP contribution in [-0.2, 0) is 6.42 Å². The number of nitrogens with zero attached hydrogens (tertiary/aromatic N) is 5. The summed E-state index contributed by atoms with van der Waals surface area (Å²) in [5.74, 6) is 0. The predicted octanol–water partition coefficient (Wildman–Crippen LogP) is 4.61. The van der Waals surface area contributed by atoms with Crippen LogP contribution in [0.1, 0.15) is 36.6 Å². The Hall–Kier alpha value is -2.79. The molecule has 2 aromatic carbocycles. The van der Waals surface area contributed by atoms with Crippen LogP contribution in [0, 0.1) is 13.8 Å². The summed E-state index contributed by atoms with van der Waals surface area (Å²) >= 11 is 0. The number of hydrogen-bond acceptors (Lipinski definition) is 4. The first-order chi connectivity index (χ1) is 14.1. The lowest BCUT2D eigenvalue weighted by Gasteiger charge is -2.21. The molecule has 0 spiro atoms. The Labute approximate surface area is 171 Å². The van der Waals surface area contributed by atoms with Crippen molar-refractivity contribution in [1.82, 2.24) is 24.9 Å². The van der Waals surface area contributed by atoms with Crippen molar-refractivity contribution < 1.29 is 0 Å². The number of aryl methyl sites for hydroxylation is 2. The van der Waals surface area contributed by atoms with Crippen LogP contribution >= 0.6 is 0 Å². The molecule has 0 bridgehead atoms. The number of benzene rings is 2. The van der Waals surface area contributed by atoms with Gasteiger partial charge in [-0.05, 0) is 82.0 Å². The molecule has 4 aromatic rings. The number of hydrogen-bond donors (Lipinski definition) is 0. The summed E-state index contributed by atoms with van der Waals surface area (Å²) in [5.41, 5.74) is 7.56. The molecule has 29 heavy (non-hydrogen) atoms. The highest BCUT2D eigenvalue weighted by Gasteiger charge is 2.20. The van der Waals surface area contributed by atoms with Gasteiger partial charge in [0.15, 0.2) is 0 Å². The van der Waals surface area contributed by atoms with E-state index in [1.807, 2.05) is 22.9 Å². The summed E-state index contributed by atoms with van der Waals surface area (Å²) in [7, 11) is 0. The molecule has 5 nitrogen and oxygen atoms in total. The number of para-hydroxylation sites is 1. The molecule has 2 aromatic heterocycles. The first-order valence-electron chi connectivity index (χ1n) is 10.6. The van der Waals surface area contributed by atoms with Gasteiger partial charge in [-0.15, -0.1) is 5.10 Å². The average molecular weight is 386 g/mol. The van der Waals surface area contributed by atoms with Crippen molar-refractivity contribution >= 4 is 21.9 Å². The van der Waals surface area contributed by atoms with E-state index in [-0.39, 0.29) is 0 Å². The zero-order chi connectivity index (χ0) is 20.0. The highest BCUT2D eigenvalue weighted by molar-refractivity contribution is 5.87. The van der Waals surface area contributed by atoms with E-state index in [0.717, 1.165) is 40.9 Å². The summed E-state index contributed by atoms with van der Waals surface area (Å²) in [6.45, 7) is 8.94. The minimum absolute atomic E-state index is 0.716. The summed E-state index contributed by atoms with van der Waals surface area (Å²) in [6.07, 6.45) is 3.74. The van der Waals surface area contributed by atoms with E-state index >= 15 is 0 Å². The molecule has 5 heteroatoms. The smallest absolute Gasteiger partial charge is 0.113 e. The van der Waals surface area contributed by atoms with Gasteiger partial charge in [0.05, 0.1) is 22.4 Å². The van der Waals surface area contributed by atoms with Crippen LogP contribution in [0.25, 0.3) is 27.6 Å². The van der Waals surface area contributed by atoms with E-state index in [1.165, 1.54) is 35.9 Å². The molecular formula is C24H27N5. The SMILES string of the molecule is Cc1nc2ccc(CCN3CCC[C@H]3C)cc2c(C)c1-n1nnc2ccccc21.